The molecule has 0 radical (unpaired) electrons. The van der Waals surface area contributed by atoms with Gasteiger partial charge < -0.3 is 9.64 Å². The van der Waals surface area contributed by atoms with Crippen molar-refractivity contribution in [2.75, 3.05) is 46.4 Å². The number of ether oxygens (including phenoxy) is 1. The summed E-state index contributed by atoms with van der Waals surface area (Å²) in [4.78, 5) is 21.1. The van der Waals surface area contributed by atoms with E-state index in [1.165, 1.54) is 0 Å². The van der Waals surface area contributed by atoms with Crippen LogP contribution in [-0.2, 0) is 16.1 Å². The summed E-state index contributed by atoms with van der Waals surface area (Å²) in [6.45, 7) is 5.88. The van der Waals surface area contributed by atoms with Crippen molar-refractivity contribution in [1.29, 1.82) is 0 Å². The van der Waals surface area contributed by atoms with E-state index in [0.717, 1.165) is 58.5 Å². The van der Waals surface area contributed by atoms with E-state index < -0.39 is 0 Å². The summed E-state index contributed by atoms with van der Waals surface area (Å²) in [5, 5.41) is 4.12. The number of carbonyl (C=O) groups excluding carboxylic acids is 1. The maximum Gasteiger partial charge on any atom is 0.231 e. The quantitative estimate of drug-likeness (QED) is 0.753. The van der Waals surface area contributed by atoms with Gasteiger partial charge in [-0.15, -0.1) is 0 Å². The van der Waals surface area contributed by atoms with Gasteiger partial charge in [0.1, 0.15) is 12.7 Å². The summed E-state index contributed by atoms with van der Waals surface area (Å²) in [5.74, 6) is 0.302. The highest BCUT2D eigenvalue weighted by Gasteiger charge is 2.46. The monoisotopic (exact) mass is 307 g/mol. The van der Waals surface area contributed by atoms with E-state index in [1.54, 1.807) is 19.8 Å². The lowest BCUT2D eigenvalue weighted by Gasteiger charge is -2.45. The lowest BCUT2D eigenvalue weighted by Crippen LogP contribution is -2.56. The molecule has 0 bridgehead atoms. The van der Waals surface area contributed by atoms with Crippen molar-refractivity contribution >= 4 is 5.91 Å². The van der Waals surface area contributed by atoms with Crippen LogP contribution < -0.4 is 0 Å². The summed E-state index contributed by atoms with van der Waals surface area (Å²) in [6, 6.07) is 0. The molecule has 122 valence electrons. The molecule has 0 N–H and O–H groups in total. The van der Waals surface area contributed by atoms with Gasteiger partial charge in [0.25, 0.3) is 0 Å². The molecular formula is C15H25N5O2. The average Bonchev–Trinajstić information content (AvgIpc) is 3.02. The minimum Gasteiger partial charge on any atom is -0.384 e. The first-order chi connectivity index (χ1) is 10.7. The number of aromatic nitrogens is 3. The molecule has 3 rings (SSSR count). The van der Waals surface area contributed by atoms with Crippen LogP contribution in [0.15, 0.2) is 12.7 Å². The summed E-state index contributed by atoms with van der Waals surface area (Å²) < 4.78 is 7.14. The van der Waals surface area contributed by atoms with Gasteiger partial charge in [-0.25, -0.2) is 4.98 Å². The number of hydrogen-bond donors (Lipinski definition) is 0. The normalized spacial score (nSPS) is 21.6. The Morgan fingerprint density at radius 3 is 2.55 bits per heavy atom. The van der Waals surface area contributed by atoms with E-state index in [-0.39, 0.29) is 5.41 Å². The van der Waals surface area contributed by atoms with Crippen molar-refractivity contribution in [3.05, 3.63) is 12.7 Å². The second-order valence-corrected chi connectivity index (χ2v) is 6.36. The second-order valence-electron chi connectivity index (χ2n) is 6.36. The summed E-state index contributed by atoms with van der Waals surface area (Å²) in [6.07, 6.45) is 6.40. The third-order valence-corrected chi connectivity index (χ3v) is 4.96. The second kappa shape index (κ2) is 6.75. The highest BCUT2D eigenvalue weighted by Crippen LogP contribution is 2.42. The van der Waals surface area contributed by atoms with Crippen molar-refractivity contribution in [1.82, 2.24) is 24.6 Å². The van der Waals surface area contributed by atoms with E-state index in [9.17, 15) is 4.79 Å². The Morgan fingerprint density at radius 1 is 1.23 bits per heavy atom. The number of nitrogens with zero attached hydrogens (tertiary/aromatic N) is 5. The predicted octanol–water partition coefficient (Wildman–Crippen LogP) is 0.239. The standard InChI is InChI=1S/C15H25N5O2/c1-22-11-15(3-2-4-15)14(21)19-8-5-18(6-9-19)7-10-20-13-16-12-17-20/h12-13H,2-11H2,1H3. The van der Waals surface area contributed by atoms with Gasteiger partial charge in [-0.1, -0.05) is 6.42 Å². The first-order valence-corrected chi connectivity index (χ1v) is 8.07. The molecule has 22 heavy (non-hydrogen) atoms. The number of rotatable bonds is 6. The van der Waals surface area contributed by atoms with Crippen LogP contribution in [0.5, 0.6) is 0 Å². The fraction of sp³-hybridized carbons (Fsp3) is 0.800. The molecule has 1 saturated heterocycles. The van der Waals surface area contributed by atoms with E-state index in [0.29, 0.717) is 12.5 Å². The first kappa shape index (κ1) is 15.4. The molecule has 2 heterocycles. The zero-order valence-electron chi connectivity index (χ0n) is 13.3. The van der Waals surface area contributed by atoms with Crippen molar-refractivity contribution in [3.8, 4) is 0 Å². The van der Waals surface area contributed by atoms with Crippen molar-refractivity contribution in [2.45, 2.75) is 25.8 Å². The molecular weight excluding hydrogens is 282 g/mol. The molecule has 7 heteroatoms. The van der Waals surface area contributed by atoms with E-state index in [1.807, 2.05) is 9.58 Å². The number of piperazine rings is 1. The molecule has 1 aliphatic heterocycles. The number of amides is 1. The Balaban J connectivity index is 1.46. The smallest absolute Gasteiger partial charge is 0.231 e. The number of carbonyl (C=O) groups is 1. The van der Waals surface area contributed by atoms with Gasteiger partial charge in [-0.05, 0) is 12.8 Å². The summed E-state index contributed by atoms with van der Waals surface area (Å²) >= 11 is 0. The Bertz CT molecular complexity index is 478. The SMILES string of the molecule is COCC1(C(=O)N2CCN(CCn3cncn3)CC2)CCC1. The Kier molecular flexibility index (Phi) is 4.73. The molecule has 0 unspecified atom stereocenters. The molecule has 1 amide bonds. The fourth-order valence-electron chi connectivity index (χ4n) is 3.40. The Hall–Kier alpha value is -1.47. The van der Waals surface area contributed by atoms with Gasteiger partial charge in [0.2, 0.25) is 5.91 Å². The molecule has 1 aromatic rings. The third-order valence-electron chi connectivity index (χ3n) is 4.96. The Labute approximate surface area is 131 Å². The Morgan fingerprint density at radius 2 is 2.00 bits per heavy atom. The van der Waals surface area contributed by atoms with Gasteiger partial charge >= 0.3 is 0 Å². The maximum atomic E-state index is 12.7. The van der Waals surface area contributed by atoms with Gasteiger partial charge in [0.15, 0.2) is 0 Å². The minimum atomic E-state index is -0.225. The van der Waals surface area contributed by atoms with Gasteiger partial charge in [0, 0.05) is 39.8 Å². The van der Waals surface area contributed by atoms with Crippen LogP contribution in [0, 0.1) is 5.41 Å². The molecule has 0 spiro atoms. The topological polar surface area (TPSA) is 63.5 Å². The van der Waals surface area contributed by atoms with Crippen LogP contribution in [0.25, 0.3) is 0 Å². The minimum absolute atomic E-state index is 0.225. The van der Waals surface area contributed by atoms with Crippen LogP contribution >= 0.6 is 0 Å². The van der Waals surface area contributed by atoms with Gasteiger partial charge in [-0.2, -0.15) is 5.10 Å². The zero-order chi connectivity index (χ0) is 15.4. The fourth-order valence-corrected chi connectivity index (χ4v) is 3.40. The van der Waals surface area contributed by atoms with Crippen molar-refractivity contribution < 1.29 is 9.53 Å². The average molecular weight is 307 g/mol. The lowest BCUT2D eigenvalue weighted by atomic mass is 9.68. The van der Waals surface area contributed by atoms with Crippen LogP contribution in [0.2, 0.25) is 0 Å². The molecule has 1 saturated carbocycles. The van der Waals surface area contributed by atoms with Crippen molar-refractivity contribution in [2.24, 2.45) is 5.41 Å². The van der Waals surface area contributed by atoms with Crippen LogP contribution in [0.3, 0.4) is 0 Å². The van der Waals surface area contributed by atoms with Gasteiger partial charge in [0.05, 0.1) is 18.6 Å². The molecule has 1 aliphatic carbocycles. The zero-order valence-corrected chi connectivity index (χ0v) is 13.3. The molecule has 0 aromatic carbocycles. The van der Waals surface area contributed by atoms with Crippen LogP contribution in [0.1, 0.15) is 19.3 Å². The first-order valence-electron chi connectivity index (χ1n) is 8.07. The largest absolute Gasteiger partial charge is 0.384 e. The predicted molar refractivity (Wildman–Crippen MR) is 81.2 cm³/mol. The molecule has 2 aliphatic rings. The van der Waals surface area contributed by atoms with Gasteiger partial charge in [-0.3, -0.25) is 14.4 Å². The molecule has 1 aromatic heterocycles. The highest BCUT2D eigenvalue weighted by atomic mass is 16.5. The third kappa shape index (κ3) is 3.15. The van der Waals surface area contributed by atoms with E-state index >= 15 is 0 Å². The summed E-state index contributed by atoms with van der Waals surface area (Å²) in [7, 11) is 1.69. The molecule has 7 nitrogen and oxygen atoms in total. The number of methoxy groups -OCH3 is 1. The maximum absolute atomic E-state index is 12.7. The molecule has 0 atom stereocenters. The van der Waals surface area contributed by atoms with E-state index in [4.69, 9.17) is 4.74 Å². The molecule has 2 fully saturated rings. The van der Waals surface area contributed by atoms with Crippen LogP contribution in [-0.4, -0.2) is 76.9 Å². The summed E-state index contributed by atoms with van der Waals surface area (Å²) in [5.41, 5.74) is -0.225. The highest BCUT2D eigenvalue weighted by molar-refractivity contribution is 5.84. The van der Waals surface area contributed by atoms with Crippen LogP contribution in [0.4, 0.5) is 0 Å². The van der Waals surface area contributed by atoms with Crippen molar-refractivity contribution in [3.63, 3.8) is 0 Å². The number of hydrogen-bond acceptors (Lipinski definition) is 5. The lowest BCUT2D eigenvalue weighted by molar-refractivity contribution is -0.154. The van der Waals surface area contributed by atoms with E-state index in [2.05, 4.69) is 15.0 Å².